The lowest BCUT2D eigenvalue weighted by atomic mass is 9.95. The molecule has 0 fully saturated rings. The number of aryl methyl sites for hydroxylation is 2. The molecule has 2 aromatic carbocycles. The van der Waals surface area contributed by atoms with Crippen LogP contribution in [0.1, 0.15) is 61.3 Å². The molecule has 5 amide bonds. The second kappa shape index (κ2) is 21.7. The first kappa shape index (κ1) is 41.8. The number of benzene rings is 2. The predicted octanol–water partition coefficient (Wildman–Crippen LogP) is 0.241. The van der Waals surface area contributed by atoms with Gasteiger partial charge in [-0.3, -0.25) is 24.6 Å². The molecular weight excluding hydrogens is 658 g/mol. The van der Waals surface area contributed by atoms with Crippen LogP contribution in [0, 0.1) is 19.3 Å². The number of hydrogen-bond donors (Lipinski definition) is 10. The molecule has 0 heterocycles. The maximum Gasteiger partial charge on any atom is 0.407 e. The first-order chi connectivity index (χ1) is 24.2. The van der Waals surface area contributed by atoms with Gasteiger partial charge in [0.1, 0.15) is 29.9 Å². The van der Waals surface area contributed by atoms with Crippen molar-refractivity contribution in [3.8, 4) is 5.75 Å². The van der Waals surface area contributed by atoms with Crippen molar-refractivity contribution in [1.82, 2.24) is 26.6 Å². The first-order valence-corrected chi connectivity index (χ1v) is 17.0. The Morgan fingerprint density at radius 1 is 0.784 bits per heavy atom. The number of phenols is 1. The molecule has 0 spiro atoms. The van der Waals surface area contributed by atoms with E-state index in [0.717, 1.165) is 5.56 Å². The van der Waals surface area contributed by atoms with Crippen molar-refractivity contribution in [2.24, 2.45) is 17.2 Å². The zero-order valence-corrected chi connectivity index (χ0v) is 29.6. The summed E-state index contributed by atoms with van der Waals surface area (Å²) in [5.74, 6) is -3.00. The molecule has 0 aromatic heterocycles. The van der Waals surface area contributed by atoms with Crippen LogP contribution in [0.15, 0.2) is 42.5 Å². The molecule has 0 unspecified atom stereocenters. The zero-order valence-electron chi connectivity index (χ0n) is 29.6. The monoisotopic (exact) mass is 711 g/mol. The van der Waals surface area contributed by atoms with E-state index in [2.05, 4.69) is 26.6 Å². The molecule has 0 aliphatic carbocycles. The molecule has 0 bridgehead atoms. The lowest BCUT2D eigenvalue weighted by Crippen LogP contribution is -2.58. The van der Waals surface area contributed by atoms with Crippen LogP contribution in [0.3, 0.4) is 0 Å². The van der Waals surface area contributed by atoms with E-state index in [9.17, 15) is 29.1 Å². The third-order valence-corrected chi connectivity index (χ3v) is 8.11. The van der Waals surface area contributed by atoms with Crippen molar-refractivity contribution < 1.29 is 33.8 Å². The van der Waals surface area contributed by atoms with E-state index in [4.69, 9.17) is 27.3 Å². The second-order valence-corrected chi connectivity index (χ2v) is 12.2. The van der Waals surface area contributed by atoms with Crippen molar-refractivity contribution in [3.05, 3.63) is 64.7 Å². The lowest BCUT2D eigenvalue weighted by molar-refractivity contribution is -0.133. The maximum absolute atomic E-state index is 14.1. The van der Waals surface area contributed by atoms with Gasteiger partial charge in [0.2, 0.25) is 23.6 Å². The molecule has 2 rings (SSSR count). The number of primary amides is 1. The number of carbonyl (C=O) groups is 5. The summed E-state index contributed by atoms with van der Waals surface area (Å²) in [6.45, 7) is 5.79. The van der Waals surface area contributed by atoms with Crippen molar-refractivity contribution in [1.29, 1.82) is 5.41 Å². The summed E-state index contributed by atoms with van der Waals surface area (Å²) >= 11 is 0. The summed E-state index contributed by atoms with van der Waals surface area (Å²) in [6, 6.07) is 7.53. The van der Waals surface area contributed by atoms with Gasteiger partial charge in [0, 0.05) is 19.4 Å². The summed E-state index contributed by atoms with van der Waals surface area (Å²) < 4.78 is 4.98. The molecule has 0 aliphatic rings. The number of guanidine groups is 1. The Balaban J connectivity index is 2.41. The first-order valence-electron chi connectivity index (χ1n) is 17.0. The highest BCUT2D eigenvalue weighted by Crippen LogP contribution is 2.22. The Labute approximate surface area is 298 Å². The van der Waals surface area contributed by atoms with Crippen molar-refractivity contribution in [2.45, 2.75) is 89.9 Å². The third kappa shape index (κ3) is 15.0. The molecule has 16 heteroatoms. The van der Waals surface area contributed by atoms with Crippen LogP contribution in [-0.4, -0.2) is 84.7 Å². The van der Waals surface area contributed by atoms with Crippen LogP contribution in [0.5, 0.6) is 5.75 Å². The Hall–Kier alpha value is -5.38. The van der Waals surface area contributed by atoms with E-state index in [1.807, 2.05) is 6.07 Å². The molecule has 2 aromatic rings. The lowest BCUT2D eigenvalue weighted by Gasteiger charge is -2.27. The average molecular weight is 712 g/mol. The van der Waals surface area contributed by atoms with Crippen LogP contribution >= 0.6 is 0 Å². The summed E-state index contributed by atoms with van der Waals surface area (Å²) in [7, 11) is 0. The highest BCUT2D eigenvalue weighted by molar-refractivity contribution is 5.95. The second-order valence-electron chi connectivity index (χ2n) is 12.2. The zero-order chi connectivity index (χ0) is 37.9. The van der Waals surface area contributed by atoms with Gasteiger partial charge in [-0.25, -0.2) is 4.79 Å². The number of unbranched alkanes of at least 4 members (excludes halogenated alkanes) is 1. The number of alkyl carbamates (subject to hydrolysis) is 1. The molecule has 0 saturated heterocycles. The minimum Gasteiger partial charge on any atom is -0.508 e. The molecule has 16 nitrogen and oxygen atoms in total. The number of rotatable bonds is 21. The van der Waals surface area contributed by atoms with Gasteiger partial charge >= 0.3 is 6.09 Å². The quantitative estimate of drug-likeness (QED) is 0.0478. The molecule has 280 valence electrons. The number of phenolic OH excluding ortho intramolecular Hbond substituents is 1. The average Bonchev–Trinajstić information content (AvgIpc) is 3.06. The minimum atomic E-state index is -1.25. The van der Waals surface area contributed by atoms with Gasteiger partial charge in [0.05, 0.1) is 6.61 Å². The molecule has 0 saturated carbocycles. The number of nitrogens with one attached hydrogen (secondary N) is 6. The number of amides is 5. The number of ether oxygens (including phenoxy) is 1. The van der Waals surface area contributed by atoms with Crippen molar-refractivity contribution in [2.75, 3.05) is 19.7 Å². The number of nitrogens with two attached hydrogens (primary N) is 3. The molecule has 4 atom stereocenters. The fraction of sp³-hybridized carbons (Fsp3) is 0.486. The van der Waals surface area contributed by atoms with E-state index in [1.165, 1.54) is 12.1 Å². The normalized spacial score (nSPS) is 13.1. The molecule has 13 N–H and O–H groups in total. The maximum atomic E-state index is 14.1. The SMILES string of the molecule is CCOC(=O)N[C@H](CCCNC(=N)N)C(=O)N[C@@H](Cc1c(C)cc(O)cc1C)C(=O)N[C@@H](CCCCN)C(=O)N[C@@H](Cc1ccccc1)C(N)=O. The standard InChI is InChI=1S/C35H53N9O7/c1-4-51-35(50)44-27(14-10-16-40-34(38)39)32(48)43-29(20-25-21(2)17-24(45)18-22(25)3)33(49)41-26(13-8-9-15-36)31(47)42-28(30(37)46)19-23-11-6-5-7-12-23/h5-7,11-12,17-18,26-29,45H,4,8-10,13-16,19-20,36H2,1-3H3,(H2,37,46)(H,41,49)(H,42,47)(H,43,48)(H,44,50)(H4,38,39,40)/t26-,27+,28-,29-/m0/s1. The number of carbonyl (C=O) groups excluding carboxylic acids is 5. The molecule has 51 heavy (non-hydrogen) atoms. The molecular formula is C35H53N9O7. The highest BCUT2D eigenvalue weighted by Gasteiger charge is 2.32. The van der Waals surface area contributed by atoms with Crippen LogP contribution in [-0.2, 0) is 36.8 Å². The molecule has 0 aliphatic heterocycles. The van der Waals surface area contributed by atoms with Gasteiger partial charge in [-0.2, -0.15) is 0 Å². The van der Waals surface area contributed by atoms with E-state index in [0.29, 0.717) is 42.5 Å². The van der Waals surface area contributed by atoms with Crippen LogP contribution < -0.4 is 43.8 Å². The predicted molar refractivity (Wildman–Crippen MR) is 192 cm³/mol. The van der Waals surface area contributed by atoms with Crippen molar-refractivity contribution in [3.63, 3.8) is 0 Å². The van der Waals surface area contributed by atoms with E-state index in [-0.39, 0.29) is 50.5 Å². The van der Waals surface area contributed by atoms with Gasteiger partial charge in [-0.05, 0) is 93.8 Å². The van der Waals surface area contributed by atoms with Crippen molar-refractivity contribution >= 4 is 35.7 Å². The summed E-state index contributed by atoms with van der Waals surface area (Å²) in [6.07, 6.45) is 0.930. The van der Waals surface area contributed by atoms with E-state index >= 15 is 0 Å². The topological polar surface area (TPSA) is 277 Å². The van der Waals surface area contributed by atoms with Gasteiger partial charge < -0.3 is 53.6 Å². The Bertz CT molecular complexity index is 1470. The summed E-state index contributed by atoms with van der Waals surface area (Å²) in [4.78, 5) is 66.2. The Kier molecular flexibility index (Phi) is 17.7. The third-order valence-electron chi connectivity index (χ3n) is 8.11. The Morgan fingerprint density at radius 2 is 1.33 bits per heavy atom. The summed E-state index contributed by atoms with van der Waals surface area (Å²) in [5, 5.41) is 30.8. The summed E-state index contributed by atoms with van der Waals surface area (Å²) in [5.41, 5.74) is 19.5. The largest absolute Gasteiger partial charge is 0.508 e. The van der Waals surface area contributed by atoms with Gasteiger partial charge in [-0.15, -0.1) is 0 Å². The fourth-order valence-electron chi connectivity index (χ4n) is 5.47. The van der Waals surface area contributed by atoms with Crippen LogP contribution in [0.2, 0.25) is 0 Å². The number of hydrogen-bond acceptors (Lipinski definition) is 9. The van der Waals surface area contributed by atoms with E-state index in [1.54, 1.807) is 45.0 Å². The minimum absolute atomic E-state index is 0.0252. The smallest absolute Gasteiger partial charge is 0.407 e. The van der Waals surface area contributed by atoms with Crippen LogP contribution in [0.4, 0.5) is 4.79 Å². The number of aromatic hydroxyl groups is 1. The highest BCUT2D eigenvalue weighted by atomic mass is 16.5. The van der Waals surface area contributed by atoms with Gasteiger partial charge in [0.15, 0.2) is 5.96 Å². The van der Waals surface area contributed by atoms with Crippen LogP contribution in [0.25, 0.3) is 0 Å². The van der Waals surface area contributed by atoms with E-state index < -0.39 is 53.9 Å². The Morgan fingerprint density at radius 3 is 1.90 bits per heavy atom. The van der Waals surface area contributed by atoms with Gasteiger partial charge in [0.25, 0.3) is 0 Å². The molecule has 0 radical (unpaired) electrons. The fourth-order valence-corrected chi connectivity index (χ4v) is 5.47. The van der Waals surface area contributed by atoms with Gasteiger partial charge in [-0.1, -0.05) is 30.3 Å².